The summed E-state index contributed by atoms with van der Waals surface area (Å²) < 4.78 is 0.832. The van der Waals surface area contributed by atoms with Crippen LogP contribution < -0.4 is 5.32 Å². The lowest BCUT2D eigenvalue weighted by atomic mass is 10.1. The zero-order valence-corrected chi connectivity index (χ0v) is 15.6. The van der Waals surface area contributed by atoms with Crippen LogP contribution in [0.4, 0.5) is 0 Å². The SMILES string of the molecule is C[C@@H](NC(=O)c1ccccc1Br)[C@@H](c1cccs1)N1CCCC1. The number of amides is 1. The molecule has 1 saturated heterocycles. The van der Waals surface area contributed by atoms with Crippen molar-refractivity contribution in [1.82, 2.24) is 10.2 Å². The number of benzene rings is 1. The van der Waals surface area contributed by atoms with E-state index in [-0.39, 0.29) is 18.0 Å². The third kappa shape index (κ3) is 3.84. The molecule has 23 heavy (non-hydrogen) atoms. The van der Waals surface area contributed by atoms with Crippen molar-refractivity contribution < 1.29 is 4.79 Å². The second kappa shape index (κ2) is 7.60. The molecule has 1 aliphatic rings. The summed E-state index contributed by atoms with van der Waals surface area (Å²) in [6.45, 7) is 4.33. The molecule has 0 radical (unpaired) electrons. The van der Waals surface area contributed by atoms with E-state index >= 15 is 0 Å². The molecule has 0 unspecified atom stereocenters. The van der Waals surface area contributed by atoms with Crippen LogP contribution in [0.3, 0.4) is 0 Å². The van der Waals surface area contributed by atoms with E-state index in [1.165, 1.54) is 17.7 Å². The lowest BCUT2D eigenvalue weighted by molar-refractivity contribution is 0.0907. The summed E-state index contributed by atoms with van der Waals surface area (Å²) in [6, 6.07) is 12.1. The number of carbonyl (C=O) groups excluding carboxylic acids is 1. The summed E-state index contributed by atoms with van der Waals surface area (Å²) in [7, 11) is 0. The van der Waals surface area contributed by atoms with Crippen molar-refractivity contribution in [2.45, 2.75) is 31.8 Å². The first-order chi connectivity index (χ1) is 11.2. The second-order valence-electron chi connectivity index (χ2n) is 5.95. The molecule has 1 aliphatic heterocycles. The molecule has 2 atom stereocenters. The van der Waals surface area contributed by atoms with Gasteiger partial charge in [-0.25, -0.2) is 0 Å². The van der Waals surface area contributed by atoms with Gasteiger partial charge in [0.25, 0.3) is 5.91 Å². The lowest BCUT2D eigenvalue weighted by Crippen LogP contribution is -2.43. The summed E-state index contributed by atoms with van der Waals surface area (Å²) in [5.41, 5.74) is 0.686. The average molecular weight is 393 g/mol. The average Bonchev–Trinajstić information content (AvgIpc) is 3.22. The number of halogens is 1. The number of nitrogens with one attached hydrogen (secondary N) is 1. The van der Waals surface area contributed by atoms with Crippen molar-refractivity contribution in [3.05, 3.63) is 56.7 Å². The Morgan fingerprint density at radius 2 is 1.96 bits per heavy atom. The Bertz CT molecular complexity index is 653. The number of rotatable bonds is 5. The maximum atomic E-state index is 12.6. The molecule has 1 N–H and O–H groups in total. The van der Waals surface area contributed by atoms with Crippen molar-refractivity contribution in [3.8, 4) is 0 Å². The van der Waals surface area contributed by atoms with Crippen molar-refractivity contribution in [3.63, 3.8) is 0 Å². The molecule has 2 aromatic rings. The topological polar surface area (TPSA) is 32.3 Å². The number of thiophene rings is 1. The minimum absolute atomic E-state index is 0.0225. The monoisotopic (exact) mass is 392 g/mol. The van der Waals surface area contributed by atoms with Crippen molar-refractivity contribution in [2.24, 2.45) is 0 Å². The standard InChI is InChI=1S/C18H21BrN2OS/c1-13(20-18(22)14-7-2-3-8-15(14)19)17(16-9-6-12-23-16)21-10-4-5-11-21/h2-3,6-9,12-13,17H,4-5,10-11H2,1H3,(H,20,22)/t13-,17+/m1/s1. The van der Waals surface area contributed by atoms with Crippen LogP contribution in [-0.2, 0) is 0 Å². The Labute approximate surface area is 149 Å². The highest BCUT2D eigenvalue weighted by Gasteiger charge is 2.30. The van der Waals surface area contributed by atoms with Gasteiger partial charge >= 0.3 is 0 Å². The molecular weight excluding hydrogens is 372 g/mol. The van der Waals surface area contributed by atoms with Crippen molar-refractivity contribution in [2.75, 3.05) is 13.1 Å². The minimum Gasteiger partial charge on any atom is -0.348 e. The molecular formula is C18H21BrN2OS. The highest BCUT2D eigenvalue weighted by atomic mass is 79.9. The number of nitrogens with zero attached hydrogens (tertiary/aromatic N) is 1. The van der Waals surface area contributed by atoms with Gasteiger partial charge in [0.15, 0.2) is 0 Å². The Kier molecular flexibility index (Phi) is 5.51. The summed E-state index contributed by atoms with van der Waals surface area (Å²) >= 11 is 5.23. The zero-order valence-electron chi connectivity index (χ0n) is 13.2. The zero-order chi connectivity index (χ0) is 16.2. The Hall–Kier alpha value is -1.17. The molecule has 1 amide bonds. The van der Waals surface area contributed by atoms with Gasteiger partial charge in [0.2, 0.25) is 0 Å². The minimum atomic E-state index is -0.0225. The molecule has 2 heterocycles. The van der Waals surface area contributed by atoms with E-state index in [1.807, 2.05) is 24.3 Å². The third-order valence-corrected chi connectivity index (χ3v) is 5.95. The van der Waals surface area contributed by atoms with Gasteiger partial charge < -0.3 is 5.32 Å². The molecule has 1 aromatic heterocycles. The first-order valence-corrected chi connectivity index (χ1v) is 9.67. The molecule has 122 valence electrons. The largest absolute Gasteiger partial charge is 0.348 e. The Balaban J connectivity index is 1.77. The van der Waals surface area contributed by atoms with Crippen LogP contribution in [0, 0.1) is 0 Å². The van der Waals surface area contributed by atoms with E-state index in [1.54, 1.807) is 11.3 Å². The van der Waals surface area contributed by atoms with Gasteiger partial charge in [-0.2, -0.15) is 0 Å². The molecule has 5 heteroatoms. The summed E-state index contributed by atoms with van der Waals surface area (Å²) in [5, 5.41) is 5.31. The van der Waals surface area contributed by atoms with Crippen LogP contribution in [0.5, 0.6) is 0 Å². The van der Waals surface area contributed by atoms with Crippen molar-refractivity contribution >= 4 is 33.2 Å². The maximum absolute atomic E-state index is 12.6. The van der Waals surface area contributed by atoms with E-state index in [2.05, 4.69) is 50.6 Å². The smallest absolute Gasteiger partial charge is 0.252 e. The van der Waals surface area contributed by atoms with Crippen LogP contribution in [-0.4, -0.2) is 29.9 Å². The molecule has 1 fully saturated rings. The molecule has 0 spiro atoms. The Morgan fingerprint density at radius 1 is 1.22 bits per heavy atom. The van der Waals surface area contributed by atoms with E-state index in [9.17, 15) is 4.79 Å². The summed E-state index contributed by atoms with van der Waals surface area (Å²) in [6.07, 6.45) is 2.49. The first kappa shape index (κ1) is 16.7. The second-order valence-corrected chi connectivity index (χ2v) is 7.78. The predicted octanol–water partition coefficient (Wildman–Crippen LogP) is 4.47. The fourth-order valence-electron chi connectivity index (χ4n) is 3.23. The third-order valence-electron chi connectivity index (χ3n) is 4.32. The highest BCUT2D eigenvalue weighted by Crippen LogP contribution is 2.31. The van der Waals surface area contributed by atoms with E-state index < -0.39 is 0 Å². The Morgan fingerprint density at radius 3 is 2.61 bits per heavy atom. The van der Waals surface area contributed by atoms with Crippen LogP contribution in [0.25, 0.3) is 0 Å². The fraction of sp³-hybridized carbons (Fsp3) is 0.389. The first-order valence-electron chi connectivity index (χ1n) is 7.99. The van der Waals surface area contributed by atoms with Gasteiger partial charge in [-0.1, -0.05) is 18.2 Å². The molecule has 3 rings (SSSR count). The molecule has 1 aromatic carbocycles. The fourth-order valence-corrected chi connectivity index (χ4v) is 4.66. The van der Waals surface area contributed by atoms with Gasteiger partial charge in [0.1, 0.15) is 0 Å². The van der Waals surface area contributed by atoms with E-state index in [4.69, 9.17) is 0 Å². The van der Waals surface area contributed by atoms with Gasteiger partial charge in [0, 0.05) is 15.4 Å². The molecule has 0 bridgehead atoms. The number of hydrogen-bond donors (Lipinski definition) is 1. The molecule has 0 saturated carbocycles. The van der Waals surface area contributed by atoms with E-state index in [0.717, 1.165) is 17.6 Å². The van der Waals surface area contributed by atoms with Crippen LogP contribution in [0.1, 0.15) is 41.0 Å². The summed E-state index contributed by atoms with van der Waals surface area (Å²) in [5.74, 6) is -0.0225. The van der Waals surface area contributed by atoms with Gasteiger partial charge in [-0.3, -0.25) is 9.69 Å². The number of hydrogen-bond acceptors (Lipinski definition) is 3. The van der Waals surface area contributed by atoms with Crippen LogP contribution in [0.15, 0.2) is 46.3 Å². The molecule has 3 nitrogen and oxygen atoms in total. The van der Waals surface area contributed by atoms with Gasteiger partial charge in [0.05, 0.1) is 11.6 Å². The van der Waals surface area contributed by atoms with E-state index in [0.29, 0.717) is 5.56 Å². The highest BCUT2D eigenvalue weighted by molar-refractivity contribution is 9.10. The predicted molar refractivity (Wildman–Crippen MR) is 98.9 cm³/mol. The normalized spacial score (nSPS) is 17.8. The molecule has 0 aliphatic carbocycles. The van der Waals surface area contributed by atoms with Crippen LogP contribution >= 0.6 is 27.3 Å². The van der Waals surface area contributed by atoms with Crippen molar-refractivity contribution in [1.29, 1.82) is 0 Å². The lowest BCUT2D eigenvalue weighted by Gasteiger charge is -2.32. The van der Waals surface area contributed by atoms with Gasteiger partial charge in [-0.15, -0.1) is 11.3 Å². The number of carbonyl (C=O) groups is 1. The number of likely N-dealkylation sites (tertiary alicyclic amines) is 1. The van der Waals surface area contributed by atoms with Crippen LogP contribution in [0.2, 0.25) is 0 Å². The van der Waals surface area contributed by atoms with Gasteiger partial charge in [-0.05, 0) is 72.4 Å². The summed E-state index contributed by atoms with van der Waals surface area (Å²) in [4.78, 5) is 16.4. The quantitative estimate of drug-likeness (QED) is 0.813. The maximum Gasteiger partial charge on any atom is 0.252 e.